The van der Waals surface area contributed by atoms with Crippen molar-refractivity contribution in [1.29, 1.82) is 0 Å². The topological polar surface area (TPSA) is 63.5 Å². The lowest BCUT2D eigenvalue weighted by Crippen LogP contribution is -2.11. The molecule has 0 aliphatic heterocycles. The molecule has 2 aromatic carbocycles. The fraction of sp³-hybridized carbons (Fsp3) is 0.500. The van der Waals surface area contributed by atoms with Crippen LogP contribution in [0.5, 0.6) is 11.5 Å². The van der Waals surface area contributed by atoms with Gasteiger partial charge in [0.05, 0.1) is 18.7 Å². The van der Waals surface area contributed by atoms with E-state index < -0.39 is 7.77 Å². The first-order valence-electron chi connectivity index (χ1n) is 11.6. The van der Waals surface area contributed by atoms with E-state index in [0.717, 1.165) is 29.1 Å². The summed E-state index contributed by atoms with van der Waals surface area (Å²) in [5, 5.41) is 23.2. The fourth-order valence-corrected chi connectivity index (χ4v) is 5.95. The van der Waals surface area contributed by atoms with Crippen molar-refractivity contribution in [3.63, 3.8) is 0 Å². The van der Waals surface area contributed by atoms with Crippen LogP contribution in [-0.4, -0.2) is 21.7 Å². The molecule has 1 aliphatic rings. The summed E-state index contributed by atoms with van der Waals surface area (Å²) < 4.78 is 0. The summed E-state index contributed by atoms with van der Waals surface area (Å²) in [6, 6.07) is 7.19. The summed E-state index contributed by atoms with van der Waals surface area (Å²) in [7, 11) is -1.53. The highest BCUT2D eigenvalue weighted by Gasteiger charge is 2.24. The summed E-state index contributed by atoms with van der Waals surface area (Å²) in [4.78, 5) is 13.1. The largest absolute Gasteiger partial charge is 0.630 e. The predicted octanol–water partition coefficient (Wildman–Crippen LogP) is 6.87. The second-order valence-corrected chi connectivity index (χ2v) is 10.1. The van der Waals surface area contributed by atoms with E-state index in [1.54, 1.807) is 12.1 Å². The van der Waals surface area contributed by atoms with Gasteiger partial charge in [-0.25, -0.2) is 0 Å². The molecule has 1 unspecified atom stereocenters. The standard InChI is InChI=1S/C26H35O3P/c1-2-3-4-5-6-7-8-9-10-11-18-30(29)23-17-13-15-21-19-20-14-12-16-22(27)24(20)26(28)25(21)23/h12-16,19,27-28H,2-11,17-18H2,1H3. The van der Waals surface area contributed by atoms with Crippen molar-refractivity contribution in [3.8, 4) is 11.5 Å². The summed E-state index contributed by atoms with van der Waals surface area (Å²) in [5.41, 5.74) is 1.55. The number of hydrogen-bond donors (Lipinski definition) is 2. The van der Waals surface area contributed by atoms with Crippen molar-refractivity contribution >= 4 is 29.9 Å². The van der Waals surface area contributed by atoms with Crippen LogP contribution in [0.2, 0.25) is 0 Å². The predicted molar refractivity (Wildman–Crippen MR) is 129 cm³/mol. The van der Waals surface area contributed by atoms with Gasteiger partial charge in [-0.3, -0.25) is 0 Å². The van der Waals surface area contributed by atoms with Crippen molar-refractivity contribution in [1.82, 2.24) is 0 Å². The van der Waals surface area contributed by atoms with Gasteiger partial charge in [-0.05, 0) is 35.9 Å². The van der Waals surface area contributed by atoms with E-state index in [1.165, 1.54) is 51.4 Å². The maximum Gasteiger partial charge on any atom is 0.139 e. The Bertz CT molecular complexity index is 914. The molecule has 0 saturated carbocycles. The molecule has 30 heavy (non-hydrogen) atoms. The molecule has 0 saturated heterocycles. The summed E-state index contributed by atoms with van der Waals surface area (Å²) >= 11 is 0. The molecular weight excluding hydrogens is 391 g/mol. The molecule has 0 spiro atoms. The molecule has 0 heterocycles. The van der Waals surface area contributed by atoms with Gasteiger partial charge in [0.1, 0.15) is 23.0 Å². The maximum absolute atomic E-state index is 13.1. The smallest absolute Gasteiger partial charge is 0.139 e. The SMILES string of the molecule is CCCCCCCCCCCC/[P+]([O-])=C1\CC=Cc2cc3cccc(O)c3c(O)c21. The Balaban J connectivity index is 1.59. The molecule has 0 aromatic heterocycles. The monoisotopic (exact) mass is 426 g/mol. The highest BCUT2D eigenvalue weighted by molar-refractivity contribution is 7.52. The van der Waals surface area contributed by atoms with Crippen molar-refractivity contribution in [2.75, 3.05) is 6.16 Å². The number of hydrogen-bond acceptors (Lipinski definition) is 3. The van der Waals surface area contributed by atoms with Crippen molar-refractivity contribution in [2.45, 2.75) is 77.6 Å². The zero-order chi connectivity index (χ0) is 21.3. The van der Waals surface area contributed by atoms with E-state index in [2.05, 4.69) is 6.92 Å². The van der Waals surface area contributed by atoms with Crippen LogP contribution in [0.15, 0.2) is 30.3 Å². The van der Waals surface area contributed by atoms with Crippen LogP contribution in [0.25, 0.3) is 16.8 Å². The highest BCUT2D eigenvalue weighted by Crippen LogP contribution is 2.42. The number of aromatic hydroxyl groups is 2. The molecule has 0 amide bonds. The van der Waals surface area contributed by atoms with Gasteiger partial charge in [-0.1, -0.05) is 82.6 Å². The van der Waals surface area contributed by atoms with Crippen LogP contribution in [0.1, 0.15) is 88.7 Å². The Kier molecular flexibility index (Phi) is 8.78. The molecule has 0 bridgehead atoms. The number of rotatable bonds is 11. The zero-order valence-electron chi connectivity index (χ0n) is 18.2. The van der Waals surface area contributed by atoms with Gasteiger partial charge in [-0.2, -0.15) is 0 Å². The second kappa shape index (κ2) is 11.5. The molecule has 2 N–H and O–H groups in total. The minimum atomic E-state index is -1.53. The molecule has 0 fully saturated rings. The molecule has 3 rings (SSSR count). The molecular formula is C26H35O3P. The Morgan fingerprint density at radius 1 is 0.933 bits per heavy atom. The van der Waals surface area contributed by atoms with Crippen molar-refractivity contribution in [3.05, 3.63) is 41.5 Å². The molecule has 162 valence electrons. The van der Waals surface area contributed by atoms with Gasteiger partial charge in [0.25, 0.3) is 0 Å². The lowest BCUT2D eigenvalue weighted by atomic mass is 9.92. The van der Waals surface area contributed by atoms with Gasteiger partial charge < -0.3 is 15.1 Å². The van der Waals surface area contributed by atoms with E-state index in [0.29, 0.717) is 23.5 Å². The molecule has 1 aliphatic carbocycles. The number of benzene rings is 2. The van der Waals surface area contributed by atoms with E-state index in [-0.39, 0.29) is 11.5 Å². The fourth-order valence-electron chi connectivity index (χ4n) is 4.38. The Labute approximate surface area is 181 Å². The van der Waals surface area contributed by atoms with Crippen LogP contribution >= 0.6 is 7.77 Å². The zero-order valence-corrected chi connectivity index (χ0v) is 19.1. The van der Waals surface area contributed by atoms with Crippen LogP contribution in [0.3, 0.4) is 0 Å². The lowest BCUT2D eigenvalue weighted by Gasteiger charge is -2.17. The Morgan fingerprint density at radius 2 is 1.60 bits per heavy atom. The molecule has 3 nitrogen and oxygen atoms in total. The van der Waals surface area contributed by atoms with Gasteiger partial charge in [0.15, 0.2) is 0 Å². The first-order chi connectivity index (χ1) is 14.6. The number of unbranched alkanes of at least 4 members (excludes halogenated alkanes) is 9. The van der Waals surface area contributed by atoms with Crippen molar-refractivity contribution < 1.29 is 15.1 Å². The van der Waals surface area contributed by atoms with Crippen LogP contribution in [-0.2, 0) is 0 Å². The lowest BCUT2D eigenvalue weighted by molar-refractivity contribution is -0.153. The Hall–Kier alpha value is -1.83. The average molecular weight is 427 g/mol. The van der Waals surface area contributed by atoms with Gasteiger partial charge >= 0.3 is 0 Å². The van der Waals surface area contributed by atoms with Crippen molar-refractivity contribution in [2.24, 2.45) is 0 Å². The average Bonchev–Trinajstić information content (AvgIpc) is 2.74. The number of allylic oxidation sites excluding steroid dienone is 1. The minimum absolute atomic E-state index is 0.0615. The highest BCUT2D eigenvalue weighted by atomic mass is 31.1. The van der Waals surface area contributed by atoms with Crippen LogP contribution in [0, 0.1) is 0 Å². The second-order valence-electron chi connectivity index (χ2n) is 8.40. The van der Waals surface area contributed by atoms with E-state index in [1.807, 2.05) is 24.3 Å². The minimum Gasteiger partial charge on any atom is -0.630 e. The summed E-state index contributed by atoms with van der Waals surface area (Å²) in [5.74, 6) is 0.123. The van der Waals surface area contributed by atoms with E-state index >= 15 is 0 Å². The quantitative estimate of drug-likeness (QED) is 0.304. The van der Waals surface area contributed by atoms with Crippen LogP contribution < -0.4 is 4.89 Å². The van der Waals surface area contributed by atoms with Gasteiger partial charge in [0, 0.05) is 6.42 Å². The van der Waals surface area contributed by atoms with E-state index in [9.17, 15) is 15.1 Å². The molecule has 1 atom stereocenters. The third-order valence-electron chi connectivity index (χ3n) is 6.06. The normalized spacial score (nSPS) is 14.9. The molecule has 2 aromatic rings. The first-order valence-corrected chi connectivity index (χ1v) is 13.0. The van der Waals surface area contributed by atoms with Crippen LogP contribution in [0.4, 0.5) is 0 Å². The summed E-state index contributed by atoms with van der Waals surface area (Å²) in [6.07, 6.45) is 17.9. The number of phenolic OH excluding ortho intramolecular Hbond substituents is 2. The van der Waals surface area contributed by atoms with Gasteiger partial charge in [0.2, 0.25) is 0 Å². The molecule has 4 heteroatoms. The number of fused-ring (bicyclic) bond motifs is 2. The summed E-state index contributed by atoms with van der Waals surface area (Å²) in [6.45, 7) is 2.25. The maximum atomic E-state index is 13.1. The molecule has 0 radical (unpaired) electrons. The Morgan fingerprint density at radius 3 is 2.30 bits per heavy atom. The third-order valence-corrected chi connectivity index (χ3v) is 7.79. The van der Waals surface area contributed by atoms with E-state index in [4.69, 9.17) is 0 Å². The number of phenols is 2. The first kappa shape index (κ1) is 22.8. The van der Waals surface area contributed by atoms with Gasteiger partial charge in [-0.15, -0.1) is 0 Å². The third kappa shape index (κ3) is 5.65.